The van der Waals surface area contributed by atoms with Crippen LogP contribution in [0.3, 0.4) is 0 Å². The zero-order valence-electron chi connectivity index (χ0n) is 15.1. The molecule has 1 N–H and O–H groups in total. The number of benzene rings is 1. The van der Waals surface area contributed by atoms with E-state index in [9.17, 15) is 5.11 Å². The van der Waals surface area contributed by atoms with E-state index in [4.69, 9.17) is 4.74 Å². The highest BCUT2D eigenvalue weighted by Gasteiger charge is 2.19. The van der Waals surface area contributed by atoms with Crippen molar-refractivity contribution in [3.05, 3.63) is 29.3 Å². The number of β-amino-alcohol motifs (C(OH)–C–C–N with tert-alkyl or cyclic N) is 1. The Morgan fingerprint density at radius 3 is 2.00 bits per heavy atom. The molecule has 0 spiro atoms. The molecule has 1 aromatic carbocycles. The van der Waals surface area contributed by atoms with Gasteiger partial charge in [-0.3, -0.25) is 4.90 Å². The molecule has 0 aliphatic carbocycles. The van der Waals surface area contributed by atoms with Gasteiger partial charge in [-0.1, -0.05) is 19.9 Å². The summed E-state index contributed by atoms with van der Waals surface area (Å²) < 4.78 is 5.76. The predicted molar refractivity (Wildman–Crippen MR) is 95.1 cm³/mol. The van der Waals surface area contributed by atoms with Gasteiger partial charge in [-0.2, -0.15) is 0 Å². The Morgan fingerprint density at radius 1 is 0.957 bits per heavy atom. The lowest BCUT2D eigenvalue weighted by atomic mass is 10.1. The van der Waals surface area contributed by atoms with Crippen molar-refractivity contribution < 1.29 is 9.84 Å². The molecule has 0 saturated carbocycles. The molecule has 1 heterocycles. The van der Waals surface area contributed by atoms with Gasteiger partial charge in [-0.25, -0.2) is 0 Å². The Bertz CT molecular complexity index is 462. The topological polar surface area (TPSA) is 35.9 Å². The highest BCUT2D eigenvalue weighted by molar-refractivity contribution is 5.32. The Morgan fingerprint density at radius 2 is 1.48 bits per heavy atom. The van der Waals surface area contributed by atoms with Crippen molar-refractivity contribution in [1.29, 1.82) is 0 Å². The summed E-state index contributed by atoms with van der Waals surface area (Å²) >= 11 is 0. The van der Waals surface area contributed by atoms with Crippen LogP contribution >= 0.6 is 0 Å². The van der Waals surface area contributed by atoms with Crippen molar-refractivity contribution in [3.63, 3.8) is 0 Å². The number of rotatable bonds is 7. The normalized spacial score (nSPS) is 18.3. The number of piperazine rings is 1. The van der Waals surface area contributed by atoms with E-state index in [2.05, 4.69) is 43.6 Å². The fourth-order valence-electron chi connectivity index (χ4n) is 3.23. The van der Waals surface area contributed by atoms with Gasteiger partial charge >= 0.3 is 0 Å². The van der Waals surface area contributed by atoms with E-state index < -0.39 is 6.10 Å². The zero-order valence-corrected chi connectivity index (χ0v) is 15.1. The minimum atomic E-state index is -0.438. The fraction of sp³-hybridized carbons (Fsp3) is 0.684. The number of nitrogens with zero attached hydrogens (tertiary/aromatic N) is 2. The number of hydrogen-bond acceptors (Lipinski definition) is 4. The zero-order chi connectivity index (χ0) is 16.8. The molecule has 0 radical (unpaired) electrons. The van der Waals surface area contributed by atoms with Crippen molar-refractivity contribution in [1.82, 2.24) is 9.80 Å². The van der Waals surface area contributed by atoms with Crippen LogP contribution in [0.25, 0.3) is 0 Å². The van der Waals surface area contributed by atoms with Crippen LogP contribution in [0.2, 0.25) is 0 Å². The van der Waals surface area contributed by atoms with Gasteiger partial charge < -0.3 is 14.7 Å². The van der Waals surface area contributed by atoms with Gasteiger partial charge in [0.15, 0.2) is 0 Å². The molecular formula is C19H32N2O2. The Kier molecular flexibility index (Phi) is 6.88. The molecule has 1 saturated heterocycles. The summed E-state index contributed by atoms with van der Waals surface area (Å²) in [6, 6.07) is 6.16. The molecule has 1 fully saturated rings. The molecular weight excluding hydrogens is 288 g/mol. The van der Waals surface area contributed by atoms with Crippen molar-refractivity contribution >= 4 is 0 Å². The van der Waals surface area contributed by atoms with Crippen LogP contribution in [-0.4, -0.2) is 66.9 Å². The van der Waals surface area contributed by atoms with E-state index in [1.165, 1.54) is 17.7 Å². The monoisotopic (exact) mass is 320 g/mol. The van der Waals surface area contributed by atoms with Gasteiger partial charge in [0.25, 0.3) is 0 Å². The number of aryl methyl sites for hydroxylation is 2. The van der Waals surface area contributed by atoms with E-state index >= 15 is 0 Å². The third-order valence-electron chi connectivity index (χ3n) is 4.19. The molecule has 0 bridgehead atoms. The SMILES string of the molecule is Cc1cc(C)cc(OC[C@@H](O)CN2CCN(CC(C)C)CC2)c1. The van der Waals surface area contributed by atoms with E-state index in [1.54, 1.807) is 0 Å². The fourth-order valence-corrected chi connectivity index (χ4v) is 3.23. The Balaban J connectivity index is 1.70. The van der Waals surface area contributed by atoms with Gasteiger partial charge in [0.2, 0.25) is 0 Å². The van der Waals surface area contributed by atoms with Crippen LogP contribution in [0.15, 0.2) is 18.2 Å². The number of aliphatic hydroxyl groups is 1. The first-order valence-corrected chi connectivity index (χ1v) is 8.76. The molecule has 0 unspecified atom stereocenters. The van der Waals surface area contributed by atoms with Crippen LogP contribution in [0.1, 0.15) is 25.0 Å². The maximum atomic E-state index is 10.2. The summed E-state index contributed by atoms with van der Waals surface area (Å²) in [5, 5.41) is 10.2. The highest BCUT2D eigenvalue weighted by Crippen LogP contribution is 2.16. The van der Waals surface area contributed by atoms with Crippen molar-refractivity contribution in [2.24, 2.45) is 5.92 Å². The van der Waals surface area contributed by atoms with Gasteiger partial charge in [0, 0.05) is 39.3 Å². The van der Waals surface area contributed by atoms with Gasteiger partial charge in [-0.15, -0.1) is 0 Å². The number of aliphatic hydroxyl groups excluding tert-OH is 1. The summed E-state index contributed by atoms with van der Waals surface area (Å²) in [6.45, 7) is 15.1. The quantitative estimate of drug-likeness (QED) is 0.836. The van der Waals surface area contributed by atoms with E-state index in [-0.39, 0.29) is 0 Å². The molecule has 1 aliphatic heterocycles. The molecule has 0 aromatic heterocycles. The average molecular weight is 320 g/mol. The molecule has 1 aromatic rings. The molecule has 2 rings (SSSR count). The minimum Gasteiger partial charge on any atom is -0.491 e. The second-order valence-electron chi connectivity index (χ2n) is 7.28. The van der Waals surface area contributed by atoms with Crippen molar-refractivity contribution in [3.8, 4) is 5.75 Å². The van der Waals surface area contributed by atoms with Crippen molar-refractivity contribution in [2.45, 2.75) is 33.8 Å². The molecule has 4 nitrogen and oxygen atoms in total. The third kappa shape index (κ3) is 6.50. The van der Waals surface area contributed by atoms with Crippen LogP contribution in [-0.2, 0) is 0 Å². The number of hydrogen-bond donors (Lipinski definition) is 1. The minimum absolute atomic E-state index is 0.356. The summed E-state index contributed by atoms with van der Waals surface area (Å²) in [5.74, 6) is 1.57. The predicted octanol–water partition coefficient (Wildman–Crippen LogP) is 2.32. The maximum Gasteiger partial charge on any atom is 0.119 e. The second kappa shape index (κ2) is 8.67. The van der Waals surface area contributed by atoms with E-state index in [0.29, 0.717) is 13.2 Å². The van der Waals surface area contributed by atoms with E-state index in [1.807, 2.05) is 12.1 Å². The summed E-state index contributed by atoms with van der Waals surface area (Å²) in [6.07, 6.45) is -0.438. The van der Waals surface area contributed by atoms with Crippen LogP contribution in [0.4, 0.5) is 0 Å². The lowest BCUT2D eigenvalue weighted by molar-refractivity contribution is 0.0440. The first-order chi connectivity index (χ1) is 10.9. The van der Waals surface area contributed by atoms with Gasteiger partial charge in [0.05, 0.1) is 0 Å². The summed E-state index contributed by atoms with van der Waals surface area (Å²) in [4.78, 5) is 4.85. The van der Waals surface area contributed by atoms with Crippen LogP contribution in [0.5, 0.6) is 5.75 Å². The van der Waals surface area contributed by atoms with Gasteiger partial charge in [-0.05, 0) is 43.0 Å². The summed E-state index contributed by atoms with van der Waals surface area (Å²) in [7, 11) is 0. The molecule has 1 aliphatic rings. The third-order valence-corrected chi connectivity index (χ3v) is 4.19. The summed E-state index contributed by atoms with van der Waals surface area (Å²) in [5.41, 5.74) is 2.38. The molecule has 130 valence electrons. The molecule has 1 atom stereocenters. The van der Waals surface area contributed by atoms with Crippen LogP contribution in [0, 0.1) is 19.8 Å². The number of ether oxygens (including phenoxy) is 1. The highest BCUT2D eigenvalue weighted by atomic mass is 16.5. The Labute approximate surface area is 141 Å². The smallest absolute Gasteiger partial charge is 0.119 e. The first kappa shape index (κ1) is 18.2. The van der Waals surface area contributed by atoms with Crippen LogP contribution < -0.4 is 4.74 Å². The van der Waals surface area contributed by atoms with Crippen molar-refractivity contribution in [2.75, 3.05) is 45.9 Å². The second-order valence-corrected chi connectivity index (χ2v) is 7.28. The standard InChI is InChI=1S/C19H32N2O2/c1-15(2)12-20-5-7-21(8-6-20)13-18(22)14-23-19-10-16(3)9-17(4)11-19/h9-11,15,18,22H,5-8,12-14H2,1-4H3/t18-/m0/s1. The first-order valence-electron chi connectivity index (χ1n) is 8.76. The van der Waals surface area contributed by atoms with E-state index in [0.717, 1.165) is 37.8 Å². The Hall–Kier alpha value is -1.10. The molecule has 4 heteroatoms. The molecule has 0 amide bonds. The largest absolute Gasteiger partial charge is 0.491 e. The maximum absolute atomic E-state index is 10.2. The lowest BCUT2D eigenvalue weighted by Crippen LogP contribution is -2.49. The average Bonchev–Trinajstić information content (AvgIpc) is 2.46. The van der Waals surface area contributed by atoms with Gasteiger partial charge in [0.1, 0.15) is 18.5 Å². The molecule has 23 heavy (non-hydrogen) atoms. The lowest BCUT2D eigenvalue weighted by Gasteiger charge is -2.36.